The maximum atomic E-state index is 12.3. The summed E-state index contributed by atoms with van der Waals surface area (Å²) in [6, 6.07) is 15.9. The predicted molar refractivity (Wildman–Crippen MR) is 125 cm³/mol. The molecule has 1 N–H and O–H groups in total. The molecule has 1 amide bonds. The van der Waals surface area contributed by atoms with E-state index >= 15 is 0 Å². The Labute approximate surface area is 188 Å². The minimum atomic E-state index is -0.210. The first-order chi connectivity index (χ1) is 15.1. The van der Waals surface area contributed by atoms with Crippen molar-refractivity contribution in [1.82, 2.24) is 25.2 Å². The van der Waals surface area contributed by atoms with E-state index in [-0.39, 0.29) is 11.7 Å². The molecule has 0 saturated carbocycles. The van der Waals surface area contributed by atoms with Crippen molar-refractivity contribution < 1.29 is 4.79 Å². The maximum absolute atomic E-state index is 12.3. The second-order valence-electron chi connectivity index (χ2n) is 6.74. The number of carbonyl (C=O) groups is 1. The van der Waals surface area contributed by atoms with Crippen LogP contribution in [0.3, 0.4) is 0 Å². The number of aryl methyl sites for hydroxylation is 2. The highest BCUT2D eigenvalue weighted by Crippen LogP contribution is 2.27. The van der Waals surface area contributed by atoms with Gasteiger partial charge in [-0.25, -0.2) is 5.43 Å². The number of nitrogens with one attached hydrogen (secondary N) is 1. The monoisotopic (exact) mass is 448 g/mol. The molecule has 0 aliphatic rings. The third-order valence-corrected chi connectivity index (χ3v) is 6.20. The predicted octanol–water partition coefficient (Wildman–Crippen LogP) is 4.25. The van der Waals surface area contributed by atoms with Gasteiger partial charge in [-0.15, -0.1) is 21.5 Å². The lowest BCUT2D eigenvalue weighted by molar-refractivity contribution is -0.118. The first kappa shape index (κ1) is 21.0. The lowest BCUT2D eigenvalue weighted by Gasteiger charge is -2.10. The summed E-state index contributed by atoms with van der Waals surface area (Å²) in [5, 5.41) is 13.4. The van der Waals surface area contributed by atoms with Gasteiger partial charge in [-0.2, -0.15) is 5.10 Å². The molecule has 0 atom stereocenters. The van der Waals surface area contributed by atoms with Gasteiger partial charge in [-0.3, -0.25) is 14.3 Å². The zero-order valence-electron chi connectivity index (χ0n) is 17.0. The van der Waals surface area contributed by atoms with Crippen LogP contribution < -0.4 is 5.43 Å². The molecule has 0 fully saturated rings. The Morgan fingerprint density at radius 3 is 2.58 bits per heavy atom. The quantitative estimate of drug-likeness (QED) is 0.260. The molecule has 0 spiro atoms. The molecular weight excluding hydrogens is 428 g/mol. The molecule has 1 aromatic carbocycles. The summed E-state index contributed by atoms with van der Waals surface area (Å²) in [6.45, 7) is 4.07. The SMILES string of the molecule is Cc1ccc(-n2c(SCC(=O)N/N=C\c3ccc(C)s3)nnc2-c2ccncc2)cc1. The summed E-state index contributed by atoms with van der Waals surface area (Å²) in [5.74, 6) is 0.653. The summed E-state index contributed by atoms with van der Waals surface area (Å²) in [7, 11) is 0. The molecule has 0 bridgehead atoms. The van der Waals surface area contributed by atoms with Crippen molar-refractivity contribution in [3.05, 3.63) is 76.2 Å². The Morgan fingerprint density at radius 1 is 1.10 bits per heavy atom. The summed E-state index contributed by atoms with van der Waals surface area (Å²) in [5.41, 5.74) is 5.55. The van der Waals surface area contributed by atoms with E-state index in [4.69, 9.17) is 0 Å². The van der Waals surface area contributed by atoms with E-state index < -0.39 is 0 Å². The molecule has 0 radical (unpaired) electrons. The highest BCUT2D eigenvalue weighted by atomic mass is 32.2. The van der Waals surface area contributed by atoms with Crippen LogP contribution in [0.1, 0.15) is 15.3 Å². The number of nitrogens with zero attached hydrogens (tertiary/aromatic N) is 5. The third-order valence-electron chi connectivity index (χ3n) is 4.34. The molecule has 0 aliphatic carbocycles. The summed E-state index contributed by atoms with van der Waals surface area (Å²) < 4.78 is 1.95. The standard InChI is InChI=1S/C22H20N6OS2/c1-15-3-6-18(7-4-15)28-21(17-9-11-23-12-10-17)26-27-22(28)30-14-20(29)25-24-13-19-8-5-16(2)31-19/h3-13H,14H2,1-2H3,(H,25,29)/b24-13-. The van der Waals surface area contributed by atoms with Crippen molar-refractivity contribution in [3.8, 4) is 17.1 Å². The largest absolute Gasteiger partial charge is 0.272 e. The number of benzene rings is 1. The van der Waals surface area contributed by atoms with Crippen molar-refractivity contribution >= 4 is 35.2 Å². The Balaban J connectivity index is 1.51. The fourth-order valence-electron chi connectivity index (χ4n) is 2.83. The van der Waals surface area contributed by atoms with Crippen LogP contribution >= 0.6 is 23.1 Å². The van der Waals surface area contributed by atoms with Crippen LogP contribution in [0.5, 0.6) is 0 Å². The third kappa shape index (κ3) is 5.25. The van der Waals surface area contributed by atoms with Crippen LogP contribution in [-0.2, 0) is 4.79 Å². The highest BCUT2D eigenvalue weighted by Gasteiger charge is 2.17. The van der Waals surface area contributed by atoms with Crippen molar-refractivity contribution in [2.24, 2.45) is 5.10 Å². The number of hydrogen-bond donors (Lipinski definition) is 1. The van der Waals surface area contributed by atoms with E-state index in [2.05, 4.69) is 25.7 Å². The van der Waals surface area contributed by atoms with Crippen LogP contribution in [0, 0.1) is 13.8 Å². The number of pyridine rings is 1. The molecule has 9 heteroatoms. The van der Waals surface area contributed by atoms with Crippen LogP contribution in [0.25, 0.3) is 17.1 Å². The van der Waals surface area contributed by atoms with Gasteiger partial charge in [0.05, 0.1) is 12.0 Å². The van der Waals surface area contributed by atoms with Crippen LogP contribution in [0.2, 0.25) is 0 Å². The van der Waals surface area contributed by atoms with E-state index in [1.54, 1.807) is 29.9 Å². The van der Waals surface area contributed by atoms with Gasteiger partial charge in [-0.1, -0.05) is 29.5 Å². The van der Waals surface area contributed by atoms with Gasteiger partial charge >= 0.3 is 0 Å². The molecule has 4 aromatic rings. The van der Waals surface area contributed by atoms with E-state index in [0.29, 0.717) is 11.0 Å². The molecule has 156 valence electrons. The molecule has 7 nitrogen and oxygen atoms in total. The minimum absolute atomic E-state index is 0.168. The number of hydrogen-bond acceptors (Lipinski definition) is 7. The van der Waals surface area contributed by atoms with Crippen LogP contribution in [-0.4, -0.2) is 37.6 Å². The van der Waals surface area contributed by atoms with Gasteiger partial charge in [0.1, 0.15) is 0 Å². The zero-order chi connectivity index (χ0) is 21.6. The smallest absolute Gasteiger partial charge is 0.250 e. The molecule has 0 saturated heterocycles. The normalized spacial score (nSPS) is 11.2. The second kappa shape index (κ2) is 9.67. The highest BCUT2D eigenvalue weighted by molar-refractivity contribution is 7.99. The number of thiophene rings is 1. The number of carbonyl (C=O) groups excluding carboxylic acids is 1. The van der Waals surface area contributed by atoms with Gasteiger partial charge in [0, 0.05) is 33.4 Å². The number of thioether (sulfide) groups is 1. The Hall–Kier alpha value is -3.30. The van der Waals surface area contributed by atoms with Crippen molar-refractivity contribution in [2.45, 2.75) is 19.0 Å². The molecular formula is C22H20N6OS2. The van der Waals surface area contributed by atoms with Gasteiger partial charge < -0.3 is 0 Å². The fourth-order valence-corrected chi connectivity index (χ4v) is 4.32. The van der Waals surface area contributed by atoms with Gasteiger partial charge in [0.15, 0.2) is 11.0 Å². The summed E-state index contributed by atoms with van der Waals surface area (Å²) in [6.07, 6.45) is 5.09. The average molecular weight is 449 g/mol. The maximum Gasteiger partial charge on any atom is 0.250 e. The summed E-state index contributed by atoms with van der Waals surface area (Å²) >= 11 is 2.93. The minimum Gasteiger partial charge on any atom is -0.272 e. The fraction of sp³-hybridized carbons (Fsp3) is 0.136. The number of rotatable bonds is 7. The lowest BCUT2D eigenvalue weighted by Crippen LogP contribution is -2.19. The van der Waals surface area contributed by atoms with Gasteiger partial charge in [0.2, 0.25) is 0 Å². The van der Waals surface area contributed by atoms with Crippen molar-refractivity contribution in [2.75, 3.05) is 5.75 Å². The summed E-state index contributed by atoms with van der Waals surface area (Å²) in [4.78, 5) is 18.5. The van der Waals surface area contributed by atoms with Gasteiger partial charge in [0.25, 0.3) is 5.91 Å². The van der Waals surface area contributed by atoms with Crippen molar-refractivity contribution in [1.29, 1.82) is 0 Å². The lowest BCUT2D eigenvalue weighted by atomic mass is 10.2. The molecule has 0 unspecified atom stereocenters. The topological polar surface area (TPSA) is 85.1 Å². The van der Waals surface area contributed by atoms with E-state index in [0.717, 1.165) is 21.7 Å². The Morgan fingerprint density at radius 2 is 1.87 bits per heavy atom. The number of amides is 1. The molecule has 3 heterocycles. The van der Waals surface area contributed by atoms with Gasteiger partial charge in [-0.05, 0) is 50.2 Å². The number of hydrazone groups is 1. The van der Waals surface area contributed by atoms with E-state index in [1.807, 2.05) is 66.9 Å². The van der Waals surface area contributed by atoms with E-state index in [9.17, 15) is 4.79 Å². The average Bonchev–Trinajstić information content (AvgIpc) is 3.39. The zero-order valence-corrected chi connectivity index (χ0v) is 18.7. The van der Waals surface area contributed by atoms with Crippen LogP contribution in [0.4, 0.5) is 0 Å². The van der Waals surface area contributed by atoms with Crippen molar-refractivity contribution in [3.63, 3.8) is 0 Å². The number of aromatic nitrogens is 4. The molecule has 0 aliphatic heterocycles. The molecule has 31 heavy (non-hydrogen) atoms. The first-order valence-corrected chi connectivity index (χ1v) is 11.3. The molecule has 4 rings (SSSR count). The second-order valence-corrected chi connectivity index (χ2v) is 9.01. The molecule has 3 aromatic heterocycles. The van der Waals surface area contributed by atoms with Crippen LogP contribution in [0.15, 0.2) is 71.2 Å². The Bertz CT molecular complexity index is 1200. The first-order valence-electron chi connectivity index (χ1n) is 9.54. The van der Waals surface area contributed by atoms with E-state index in [1.165, 1.54) is 16.6 Å². The Kier molecular flexibility index (Phi) is 6.54.